The van der Waals surface area contributed by atoms with Crippen molar-refractivity contribution in [3.05, 3.63) is 95.1 Å². The minimum Gasteiger partial charge on any atom is -0.454 e. The van der Waals surface area contributed by atoms with Gasteiger partial charge in [-0.05, 0) is 55.1 Å². The molecule has 0 fully saturated rings. The molecule has 2 aliphatic heterocycles. The van der Waals surface area contributed by atoms with Crippen LogP contribution in [0.4, 0.5) is 5.69 Å². The van der Waals surface area contributed by atoms with Gasteiger partial charge in [0.15, 0.2) is 5.78 Å². The molecule has 0 N–H and O–H groups in total. The second kappa shape index (κ2) is 6.28. The Bertz CT molecular complexity index is 1120. The summed E-state index contributed by atoms with van der Waals surface area (Å²) in [6.07, 6.45) is 2.13. The van der Waals surface area contributed by atoms with Crippen LogP contribution in [0.25, 0.3) is 6.08 Å². The van der Waals surface area contributed by atoms with E-state index in [1.807, 2.05) is 54.6 Å². The van der Waals surface area contributed by atoms with Crippen molar-refractivity contribution in [3.8, 4) is 5.75 Å². The first-order valence-corrected chi connectivity index (χ1v) is 10.0. The van der Waals surface area contributed by atoms with E-state index in [4.69, 9.17) is 4.74 Å². The molecular weight excluding hydrogens is 366 g/mol. The van der Waals surface area contributed by atoms with Crippen LogP contribution in [0.2, 0.25) is 0 Å². The number of benzene rings is 3. The van der Waals surface area contributed by atoms with Crippen molar-refractivity contribution in [2.75, 3.05) is 11.9 Å². The molecule has 0 aliphatic carbocycles. The molecule has 28 heavy (non-hydrogen) atoms. The minimum atomic E-state index is -0.582. The van der Waals surface area contributed by atoms with Crippen LogP contribution < -0.4 is 9.64 Å². The van der Waals surface area contributed by atoms with E-state index in [9.17, 15) is 4.79 Å². The standard InChI is InChI=1S/C24H19NO2S/c1-16-14-19-15-18(23(26)17-8-4-3-5-9-17)12-13-21(19)27-24(16)25(2)20-10-6-7-11-22(20)28-24/h3-15H,1-2H3. The summed E-state index contributed by atoms with van der Waals surface area (Å²) in [6.45, 7) is 2.09. The average Bonchev–Trinajstić information content (AvgIpc) is 3.01. The first-order valence-electron chi connectivity index (χ1n) is 9.22. The van der Waals surface area contributed by atoms with Gasteiger partial charge in [-0.2, -0.15) is 0 Å². The Morgan fingerprint density at radius 1 is 0.964 bits per heavy atom. The minimum absolute atomic E-state index is 0.0227. The molecule has 0 saturated heterocycles. The summed E-state index contributed by atoms with van der Waals surface area (Å²) < 4.78 is 6.54. The van der Waals surface area contributed by atoms with E-state index in [1.54, 1.807) is 11.8 Å². The van der Waals surface area contributed by atoms with Crippen molar-refractivity contribution in [3.63, 3.8) is 0 Å². The van der Waals surface area contributed by atoms with Crippen LogP contribution in [-0.4, -0.2) is 17.9 Å². The van der Waals surface area contributed by atoms with Gasteiger partial charge in [-0.15, -0.1) is 0 Å². The van der Waals surface area contributed by atoms with Crippen molar-refractivity contribution < 1.29 is 9.53 Å². The number of likely N-dealkylation sites (N-methyl/N-ethyl adjacent to an activating group) is 1. The summed E-state index contributed by atoms with van der Waals surface area (Å²) in [5.74, 6) is 0.817. The highest BCUT2D eigenvalue weighted by Crippen LogP contribution is 2.55. The maximum absolute atomic E-state index is 12.8. The van der Waals surface area contributed by atoms with E-state index in [0.717, 1.165) is 16.9 Å². The number of thioether (sulfide) groups is 1. The summed E-state index contributed by atoms with van der Waals surface area (Å²) in [5.41, 5.74) is 4.57. The molecule has 0 aromatic heterocycles. The normalized spacial score (nSPS) is 19.6. The summed E-state index contributed by atoms with van der Waals surface area (Å²) in [6, 6.07) is 23.4. The Morgan fingerprint density at radius 3 is 2.50 bits per heavy atom. The molecule has 2 heterocycles. The fourth-order valence-corrected chi connectivity index (χ4v) is 5.18. The largest absolute Gasteiger partial charge is 0.454 e. The lowest BCUT2D eigenvalue weighted by Gasteiger charge is -2.40. The van der Waals surface area contributed by atoms with Gasteiger partial charge in [-0.3, -0.25) is 4.79 Å². The number of carbonyl (C=O) groups is 1. The molecule has 0 amide bonds. The smallest absolute Gasteiger partial charge is 0.258 e. The summed E-state index contributed by atoms with van der Waals surface area (Å²) in [7, 11) is 2.06. The van der Waals surface area contributed by atoms with Gasteiger partial charge in [0, 0.05) is 34.2 Å². The maximum Gasteiger partial charge on any atom is 0.258 e. The topological polar surface area (TPSA) is 29.5 Å². The lowest BCUT2D eigenvalue weighted by atomic mass is 9.98. The van der Waals surface area contributed by atoms with Crippen LogP contribution in [-0.2, 0) is 0 Å². The molecule has 0 bridgehead atoms. The molecule has 3 aromatic rings. The molecule has 3 aromatic carbocycles. The number of ether oxygens (including phenoxy) is 1. The van der Waals surface area contributed by atoms with E-state index in [1.165, 1.54) is 10.6 Å². The predicted octanol–water partition coefficient (Wildman–Crippen LogP) is 5.61. The molecule has 1 atom stereocenters. The van der Waals surface area contributed by atoms with Gasteiger partial charge < -0.3 is 9.64 Å². The van der Waals surface area contributed by atoms with Gasteiger partial charge in [0.1, 0.15) is 5.75 Å². The number of hydrogen-bond acceptors (Lipinski definition) is 4. The zero-order valence-corrected chi connectivity index (χ0v) is 16.5. The molecule has 2 aliphatic rings. The summed E-state index contributed by atoms with van der Waals surface area (Å²) in [4.78, 5) is 16.2. The van der Waals surface area contributed by atoms with Gasteiger partial charge in [-0.25, -0.2) is 0 Å². The number of rotatable bonds is 2. The third-order valence-corrected chi connectivity index (χ3v) is 6.86. The van der Waals surface area contributed by atoms with E-state index < -0.39 is 5.06 Å². The Kier molecular flexibility index (Phi) is 3.84. The number of anilines is 1. The number of carbonyl (C=O) groups excluding carboxylic acids is 1. The molecular formula is C24H19NO2S. The van der Waals surface area contributed by atoms with Crippen LogP contribution in [0.3, 0.4) is 0 Å². The zero-order valence-electron chi connectivity index (χ0n) is 15.7. The molecule has 0 saturated carbocycles. The van der Waals surface area contributed by atoms with Gasteiger partial charge in [0.05, 0.1) is 5.69 Å². The van der Waals surface area contributed by atoms with Crippen LogP contribution in [0.1, 0.15) is 28.4 Å². The number of para-hydroxylation sites is 1. The fraction of sp³-hybridized carbons (Fsp3) is 0.125. The van der Waals surface area contributed by atoms with E-state index in [0.29, 0.717) is 11.1 Å². The Labute approximate surface area is 168 Å². The highest BCUT2D eigenvalue weighted by Gasteiger charge is 2.48. The predicted molar refractivity (Wildman–Crippen MR) is 114 cm³/mol. The molecule has 1 spiro atoms. The van der Waals surface area contributed by atoms with Gasteiger partial charge in [0.25, 0.3) is 5.06 Å². The highest BCUT2D eigenvalue weighted by molar-refractivity contribution is 8.01. The Hall–Kier alpha value is -2.98. The van der Waals surface area contributed by atoms with E-state index >= 15 is 0 Å². The van der Waals surface area contributed by atoms with Crippen LogP contribution in [0, 0.1) is 0 Å². The van der Waals surface area contributed by atoms with Crippen molar-refractivity contribution in [2.45, 2.75) is 16.9 Å². The Morgan fingerprint density at radius 2 is 1.71 bits per heavy atom. The van der Waals surface area contributed by atoms with Crippen LogP contribution in [0.5, 0.6) is 5.75 Å². The molecule has 4 heteroatoms. The van der Waals surface area contributed by atoms with Crippen molar-refractivity contribution in [2.24, 2.45) is 0 Å². The van der Waals surface area contributed by atoms with Crippen LogP contribution in [0.15, 0.2) is 83.3 Å². The number of hydrogen-bond donors (Lipinski definition) is 0. The van der Waals surface area contributed by atoms with Gasteiger partial charge >= 0.3 is 0 Å². The molecule has 1 unspecified atom stereocenters. The van der Waals surface area contributed by atoms with Crippen molar-refractivity contribution in [1.29, 1.82) is 0 Å². The highest BCUT2D eigenvalue weighted by atomic mass is 32.2. The zero-order chi connectivity index (χ0) is 19.3. The number of nitrogens with zero attached hydrogens (tertiary/aromatic N) is 1. The molecule has 3 nitrogen and oxygen atoms in total. The molecule has 0 radical (unpaired) electrons. The molecule has 5 rings (SSSR count). The van der Waals surface area contributed by atoms with E-state index in [2.05, 4.69) is 43.1 Å². The second-order valence-electron chi connectivity index (χ2n) is 7.09. The SMILES string of the molecule is CC1=Cc2cc(C(=O)c3ccccc3)ccc2OC12Sc1ccccc1N2C. The number of fused-ring (bicyclic) bond motifs is 2. The second-order valence-corrected chi connectivity index (χ2v) is 8.29. The monoisotopic (exact) mass is 385 g/mol. The maximum atomic E-state index is 12.8. The third kappa shape index (κ3) is 2.49. The lowest BCUT2D eigenvalue weighted by molar-refractivity contribution is 0.103. The quantitative estimate of drug-likeness (QED) is 0.536. The first kappa shape index (κ1) is 17.1. The van der Waals surface area contributed by atoms with E-state index in [-0.39, 0.29) is 5.78 Å². The molecule has 138 valence electrons. The Balaban J connectivity index is 1.52. The average molecular weight is 385 g/mol. The summed E-state index contributed by atoms with van der Waals surface area (Å²) >= 11 is 1.72. The van der Waals surface area contributed by atoms with Crippen LogP contribution >= 0.6 is 11.8 Å². The fourth-order valence-electron chi connectivity index (χ4n) is 3.84. The number of ketones is 1. The van der Waals surface area contributed by atoms with Gasteiger partial charge in [-0.1, -0.05) is 42.5 Å². The third-order valence-electron chi connectivity index (χ3n) is 5.34. The van der Waals surface area contributed by atoms with Crippen molar-refractivity contribution >= 4 is 29.3 Å². The lowest BCUT2D eigenvalue weighted by Crippen LogP contribution is -2.48. The van der Waals surface area contributed by atoms with Crippen molar-refractivity contribution in [1.82, 2.24) is 0 Å². The first-order chi connectivity index (χ1) is 13.6. The van der Waals surface area contributed by atoms with Gasteiger partial charge in [0.2, 0.25) is 0 Å². The summed E-state index contributed by atoms with van der Waals surface area (Å²) in [5, 5.41) is -0.582.